The fourth-order valence-corrected chi connectivity index (χ4v) is 1.59. The topological polar surface area (TPSA) is 71.4 Å². The molecule has 0 radical (unpaired) electrons. The lowest BCUT2D eigenvalue weighted by atomic mass is 10.0. The molecule has 0 heterocycles. The molecule has 1 amide bonds. The number of rotatable bonds is 4. The van der Waals surface area contributed by atoms with Crippen molar-refractivity contribution in [1.29, 1.82) is 5.26 Å². The quantitative estimate of drug-likeness (QED) is 0.660. The smallest absolute Gasteiger partial charge is 0.261 e. The second kappa shape index (κ2) is 6.45. The maximum atomic E-state index is 11.5. The Balaban J connectivity index is 3.32. The highest BCUT2D eigenvalue weighted by Gasteiger charge is 2.11. The minimum atomic E-state index is -0.420. The van der Waals surface area contributed by atoms with Crippen LogP contribution < -0.4 is 14.8 Å². The van der Waals surface area contributed by atoms with E-state index in [1.807, 2.05) is 13.0 Å². The van der Waals surface area contributed by atoms with Crippen LogP contribution >= 0.6 is 0 Å². The molecule has 1 aromatic rings. The summed E-state index contributed by atoms with van der Waals surface area (Å²) >= 11 is 0. The van der Waals surface area contributed by atoms with Crippen molar-refractivity contribution in [1.82, 2.24) is 5.32 Å². The van der Waals surface area contributed by atoms with Crippen molar-refractivity contribution in [3.05, 3.63) is 28.8 Å². The van der Waals surface area contributed by atoms with Crippen LogP contribution in [-0.4, -0.2) is 27.2 Å². The summed E-state index contributed by atoms with van der Waals surface area (Å²) in [6.07, 6.45) is 1.52. The molecule has 1 rings (SSSR count). The molecule has 0 atom stereocenters. The number of nitrogens with zero attached hydrogens (tertiary/aromatic N) is 1. The summed E-state index contributed by atoms with van der Waals surface area (Å²) in [5, 5.41) is 11.4. The highest BCUT2D eigenvalue weighted by molar-refractivity contribution is 6.01. The summed E-state index contributed by atoms with van der Waals surface area (Å²) < 4.78 is 10.4. The van der Waals surface area contributed by atoms with Crippen LogP contribution in [0.3, 0.4) is 0 Å². The molecule has 0 saturated carbocycles. The molecule has 0 aliphatic carbocycles. The normalized spacial score (nSPS) is 10.6. The monoisotopic (exact) mass is 260 g/mol. The predicted octanol–water partition coefficient (Wildman–Crippen LogP) is 1.67. The van der Waals surface area contributed by atoms with Gasteiger partial charge in [-0.2, -0.15) is 5.26 Å². The van der Waals surface area contributed by atoms with Gasteiger partial charge in [-0.3, -0.25) is 4.79 Å². The van der Waals surface area contributed by atoms with Crippen LogP contribution in [0.2, 0.25) is 0 Å². The van der Waals surface area contributed by atoms with Crippen LogP contribution in [0.25, 0.3) is 6.08 Å². The number of hydrogen-bond donors (Lipinski definition) is 1. The van der Waals surface area contributed by atoms with Crippen LogP contribution in [0.15, 0.2) is 17.7 Å². The van der Waals surface area contributed by atoms with Crippen LogP contribution in [0, 0.1) is 18.3 Å². The Morgan fingerprint density at radius 3 is 2.37 bits per heavy atom. The van der Waals surface area contributed by atoms with Gasteiger partial charge in [0.25, 0.3) is 5.91 Å². The number of aryl methyl sites for hydroxylation is 1. The molecular formula is C14H16N2O3. The summed E-state index contributed by atoms with van der Waals surface area (Å²) in [7, 11) is 4.57. The number of methoxy groups -OCH3 is 2. The molecule has 0 fully saturated rings. The minimum absolute atomic E-state index is 0.0396. The number of carbonyl (C=O) groups is 1. The van der Waals surface area contributed by atoms with Crippen molar-refractivity contribution < 1.29 is 14.3 Å². The molecule has 100 valence electrons. The maximum absolute atomic E-state index is 11.5. The number of nitriles is 1. The van der Waals surface area contributed by atoms with E-state index < -0.39 is 5.91 Å². The first-order valence-electron chi connectivity index (χ1n) is 5.63. The van der Waals surface area contributed by atoms with Crippen molar-refractivity contribution in [2.75, 3.05) is 21.3 Å². The Bertz CT molecular complexity index is 557. The SMILES string of the molecule is CNC(=O)/C(C#N)=C\c1cc(OC)c(OC)cc1C. The maximum Gasteiger partial charge on any atom is 0.261 e. The zero-order chi connectivity index (χ0) is 14.4. The molecule has 5 nitrogen and oxygen atoms in total. The van der Waals surface area contributed by atoms with E-state index in [9.17, 15) is 4.79 Å². The number of ether oxygens (including phenoxy) is 2. The zero-order valence-electron chi connectivity index (χ0n) is 11.4. The lowest BCUT2D eigenvalue weighted by Gasteiger charge is -2.11. The van der Waals surface area contributed by atoms with E-state index in [1.165, 1.54) is 20.2 Å². The summed E-state index contributed by atoms with van der Waals surface area (Å²) in [6.45, 7) is 1.87. The second-order valence-corrected chi connectivity index (χ2v) is 3.81. The van der Waals surface area contributed by atoms with Crippen molar-refractivity contribution in [2.45, 2.75) is 6.92 Å². The molecule has 0 unspecified atom stereocenters. The van der Waals surface area contributed by atoms with Gasteiger partial charge in [-0.25, -0.2) is 0 Å². The van der Waals surface area contributed by atoms with E-state index in [2.05, 4.69) is 5.32 Å². The third kappa shape index (κ3) is 3.26. The summed E-state index contributed by atoms with van der Waals surface area (Å²) in [4.78, 5) is 11.5. The summed E-state index contributed by atoms with van der Waals surface area (Å²) in [5.41, 5.74) is 1.66. The Morgan fingerprint density at radius 2 is 1.89 bits per heavy atom. The molecule has 0 bridgehead atoms. The number of nitrogens with one attached hydrogen (secondary N) is 1. The minimum Gasteiger partial charge on any atom is -0.493 e. The Labute approximate surface area is 112 Å². The van der Waals surface area contributed by atoms with Crippen LogP contribution in [0.5, 0.6) is 11.5 Å². The van der Waals surface area contributed by atoms with Gasteiger partial charge in [-0.1, -0.05) is 0 Å². The summed E-state index contributed by atoms with van der Waals surface area (Å²) in [6, 6.07) is 5.40. The molecule has 1 N–H and O–H groups in total. The van der Waals surface area contributed by atoms with Gasteiger partial charge in [0.05, 0.1) is 14.2 Å². The van der Waals surface area contributed by atoms with Crippen LogP contribution in [0.4, 0.5) is 0 Å². The zero-order valence-corrected chi connectivity index (χ0v) is 11.4. The first-order chi connectivity index (χ1) is 9.07. The lowest BCUT2D eigenvalue weighted by molar-refractivity contribution is -0.116. The Hall–Kier alpha value is -2.48. The highest BCUT2D eigenvalue weighted by Crippen LogP contribution is 2.31. The van der Waals surface area contributed by atoms with E-state index in [-0.39, 0.29) is 5.57 Å². The largest absolute Gasteiger partial charge is 0.493 e. The molecule has 0 aliphatic heterocycles. The molecule has 0 spiro atoms. The van der Waals surface area contributed by atoms with E-state index in [0.29, 0.717) is 11.5 Å². The van der Waals surface area contributed by atoms with Crippen molar-refractivity contribution in [3.63, 3.8) is 0 Å². The predicted molar refractivity (Wildman–Crippen MR) is 71.9 cm³/mol. The molecule has 5 heteroatoms. The standard InChI is InChI=1S/C14H16N2O3/c1-9-5-12(18-3)13(19-4)7-10(9)6-11(8-15)14(17)16-2/h5-7H,1-4H3,(H,16,17)/b11-6-. The van der Waals surface area contributed by atoms with Gasteiger partial charge < -0.3 is 14.8 Å². The number of carbonyl (C=O) groups excluding carboxylic acids is 1. The Morgan fingerprint density at radius 1 is 1.32 bits per heavy atom. The summed E-state index contributed by atoms with van der Waals surface area (Å²) in [5.74, 6) is 0.737. The van der Waals surface area contributed by atoms with E-state index in [4.69, 9.17) is 14.7 Å². The number of hydrogen-bond acceptors (Lipinski definition) is 4. The molecule has 0 aromatic heterocycles. The first-order valence-corrected chi connectivity index (χ1v) is 5.63. The van der Waals surface area contributed by atoms with Crippen LogP contribution in [0.1, 0.15) is 11.1 Å². The molecule has 0 saturated heterocycles. The lowest BCUT2D eigenvalue weighted by Crippen LogP contribution is -2.19. The van der Waals surface area contributed by atoms with Gasteiger partial charge in [0, 0.05) is 7.05 Å². The number of benzene rings is 1. The van der Waals surface area contributed by atoms with Gasteiger partial charge in [0.2, 0.25) is 0 Å². The third-order valence-electron chi connectivity index (χ3n) is 2.66. The Kier molecular flexibility index (Phi) is 4.95. The molecule has 19 heavy (non-hydrogen) atoms. The fraction of sp³-hybridized carbons (Fsp3) is 0.286. The third-order valence-corrected chi connectivity index (χ3v) is 2.66. The molecule has 0 aliphatic rings. The van der Waals surface area contributed by atoms with Crippen LogP contribution in [-0.2, 0) is 4.79 Å². The van der Waals surface area contributed by atoms with E-state index >= 15 is 0 Å². The van der Waals surface area contributed by atoms with Crippen molar-refractivity contribution in [3.8, 4) is 17.6 Å². The van der Waals surface area contributed by atoms with E-state index in [0.717, 1.165) is 11.1 Å². The fourth-order valence-electron chi connectivity index (χ4n) is 1.59. The number of amides is 1. The highest BCUT2D eigenvalue weighted by atomic mass is 16.5. The number of likely N-dealkylation sites (N-methyl/N-ethyl adjacent to an activating group) is 1. The first kappa shape index (κ1) is 14.6. The van der Waals surface area contributed by atoms with E-state index in [1.54, 1.807) is 19.2 Å². The van der Waals surface area contributed by atoms with Gasteiger partial charge in [0.15, 0.2) is 11.5 Å². The van der Waals surface area contributed by atoms with Gasteiger partial charge in [-0.15, -0.1) is 0 Å². The molecule has 1 aromatic carbocycles. The van der Waals surface area contributed by atoms with Crippen molar-refractivity contribution in [2.24, 2.45) is 0 Å². The molecular weight excluding hydrogens is 244 g/mol. The van der Waals surface area contributed by atoms with Gasteiger partial charge in [-0.05, 0) is 36.3 Å². The van der Waals surface area contributed by atoms with Crippen molar-refractivity contribution >= 4 is 12.0 Å². The van der Waals surface area contributed by atoms with Gasteiger partial charge >= 0.3 is 0 Å². The average molecular weight is 260 g/mol. The second-order valence-electron chi connectivity index (χ2n) is 3.81. The van der Waals surface area contributed by atoms with Gasteiger partial charge in [0.1, 0.15) is 11.6 Å². The average Bonchev–Trinajstić information content (AvgIpc) is 2.44.